The minimum absolute atomic E-state index is 0.468. The highest BCUT2D eigenvalue weighted by molar-refractivity contribution is 9.10. The summed E-state index contributed by atoms with van der Waals surface area (Å²) < 4.78 is 0.903. The zero-order chi connectivity index (χ0) is 13.9. The molecule has 0 saturated carbocycles. The van der Waals surface area contributed by atoms with Crippen LogP contribution >= 0.6 is 15.9 Å². The van der Waals surface area contributed by atoms with Crippen LogP contribution in [-0.2, 0) is 4.79 Å². The lowest BCUT2D eigenvalue weighted by Crippen LogP contribution is -2.52. The van der Waals surface area contributed by atoms with Crippen molar-refractivity contribution in [2.24, 2.45) is 0 Å². The molecule has 1 rings (SSSR count). The van der Waals surface area contributed by atoms with E-state index in [1.165, 1.54) is 20.9 Å². The molecular formula is C12H15BrN2O3. The minimum Gasteiger partial charge on any atom is -0.480 e. The summed E-state index contributed by atoms with van der Waals surface area (Å²) in [5.41, 5.74) is -0.657. The Kier molecular flexibility index (Phi) is 4.34. The van der Waals surface area contributed by atoms with E-state index in [1.54, 1.807) is 24.3 Å². The van der Waals surface area contributed by atoms with Crippen LogP contribution < -0.4 is 5.32 Å². The van der Waals surface area contributed by atoms with Gasteiger partial charge in [-0.3, -0.25) is 0 Å². The molecule has 0 saturated heterocycles. The van der Waals surface area contributed by atoms with Crippen molar-refractivity contribution in [3.8, 4) is 0 Å². The van der Waals surface area contributed by atoms with Crippen molar-refractivity contribution in [1.82, 2.24) is 4.90 Å². The number of likely N-dealkylation sites (N-methyl/N-ethyl adjacent to an activating group) is 1. The number of aliphatic carboxylic acids is 1. The lowest BCUT2D eigenvalue weighted by atomic mass is 10.1. The van der Waals surface area contributed by atoms with E-state index in [1.807, 2.05) is 0 Å². The van der Waals surface area contributed by atoms with E-state index in [0.717, 1.165) is 9.37 Å². The van der Waals surface area contributed by atoms with Gasteiger partial charge in [-0.15, -0.1) is 0 Å². The molecule has 1 aromatic carbocycles. The molecule has 0 fully saturated rings. The third-order valence-corrected chi connectivity index (χ3v) is 3.29. The van der Waals surface area contributed by atoms with Crippen LogP contribution in [0.1, 0.15) is 13.8 Å². The molecule has 5 nitrogen and oxygen atoms in total. The normalized spacial score (nSPS) is 10.9. The van der Waals surface area contributed by atoms with Crippen molar-refractivity contribution in [3.63, 3.8) is 0 Å². The second-order valence-corrected chi connectivity index (χ2v) is 5.28. The Morgan fingerprint density at radius 1 is 1.28 bits per heavy atom. The fourth-order valence-corrected chi connectivity index (χ4v) is 1.40. The van der Waals surface area contributed by atoms with Crippen molar-refractivity contribution in [3.05, 3.63) is 28.7 Å². The fourth-order valence-electron chi connectivity index (χ4n) is 1.14. The van der Waals surface area contributed by atoms with Gasteiger partial charge in [-0.25, -0.2) is 9.59 Å². The minimum atomic E-state index is -1.26. The van der Waals surface area contributed by atoms with Crippen molar-refractivity contribution in [1.29, 1.82) is 0 Å². The quantitative estimate of drug-likeness (QED) is 0.901. The van der Waals surface area contributed by atoms with E-state index >= 15 is 0 Å². The van der Waals surface area contributed by atoms with E-state index in [-0.39, 0.29) is 0 Å². The van der Waals surface area contributed by atoms with Crippen molar-refractivity contribution in [2.45, 2.75) is 19.4 Å². The van der Waals surface area contributed by atoms with E-state index in [4.69, 9.17) is 5.11 Å². The molecule has 0 heterocycles. The smallest absolute Gasteiger partial charge is 0.329 e. The summed E-state index contributed by atoms with van der Waals surface area (Å²) in [5, 5.41) is 11.7. The number of amides is 2. The average Bonchev–Trinajstić information content (AvgIpc) is 2.30. The highest BCUT2D eigenvalue weighted by atomic mass is 79.9. The first-order valence-electron chi connectivity index (χ1n) is 5.29. The topological polar surface area (TPSA) is 69.6 Å². The van der Waals surface area contributed by atoms with Gasteiger partial charge in [-0.2, -0.15) is 0 Å². The molecule has 0 unspecified atom stereocenters. The summed E-state index contributed by atoms with van der Waals surface area (Å²) in [6, 6.07) is 6.56. The summed E-state index contributed by atoms with van der Waals surface area (Å²) in [4.78, 5) is 24.1. The highest BCUT2D eigenvalue weighted by Gasteiger charge is 2.35. The summed E-state index contributed by atoms with van der Waals surface area (Å²) >= 11 is 3.29. The zero-order valence-electron chi connectivity index (χ0n) is 10.4. The van der Waals surface area contributed by atoms with Gasteiger partial charge in [0.25, 0.3) is 0 Å². The third kappa shape index (κ3) is 3.22. The van der Waals surface area contributed by atoms with Crippen molar-refractivity contribution < 1.29 is 14.7 Å². The Hall–Kier alpha value is -1.56. The monoisotopic (exact) mass is 314 g/mol. The number of carbonyl (C=O) groups is 2. The maximum Gasteiger partial charge on any atom is 0.329 e. The van der Waals surface area contributed by atoms with Gasteiger partial charge >= 0.3 is 12.0 Å². The molecule has 0 aliphatic heterocycles. The third-order valence-electron chi connectivity index (χ3n) is 2.76. The first-order valence-corrected chi connectivity index (χ1v) is 6.08. The predicted molar refractivity (Wildman–Crippen MR) is 72.6 cm³/mol. The standard InChI is InChI=1S/C12H15BrN2O3/c1-12(2,10(16)17)15(3)11(18)14-9-6-4-8(13)5-7-9/h4-7H,1-3H3,(H,14,18)(H,16,17). The van der Waals surface area contributed by atoms with Crippen LogP contribution in [0.4, 0.5) is 10.5 Å². The largest absolute Gasteiger partial charge is 0.480 e. The number of rotatable bonds is 3. The number of hydrogen-bond acceptors (Lipinski definition) is 2. The molecule has 0 radical (unpaired) electrons. The van der Waals surface area contributed by atoms with Crippen LogP contribution in [0.25, 0.3) is 0 Å². The van der Waals surface area contributed by atoms with Gasteiger partial charge in [0, 0.05) is 17.2 Å². The van der Waals surface area contributed by atoms with E-state index in [0.29, 0.717) is 5.69 Å². The lowest BCUT2D eigenvalue weighted by molar-refractivity contribution is -0.146. The molecule has 0 spiro atoms. The number of benzene rings is 1. The molecule has 0 atom stereocenters. The van der Waals surface area contributed by atoms with Crippen molar-refractivity contribution in [2.75, 3.05) is 12.4 Å². The van der Waals surface area contributed by atoms with Crippen LogP contribution in [0.2, 0.25) is 0 Å². The molecule has 0 aliphatic rings. The number of carboxylic acid groups (broad SMARTS) is 1. The van der Waals surface area contributed by atoms with Crippen LogP contribution in [0.5, 0.6) is 0 Å². The molecular weight excluding hydrogens is 300 g/mol. The average molecular weight is 315 g/mol. The Morgan fingerprint density at radius 3 is 2.22 bits per heavy atom. The number of urea groups is 1. The Bertz CT molecular complexity index is 457. The van der Waals surface area contributed by atoms with Crippen molar-refractivity contribution >= 4 is 33.6 Å². The first kappa shape index (κ1) is 14.5. The SMILES string of the molecule is CN(C(=O)Nc1ccc(Br)cc1)C(C)(C)C(=O)O. The Morgan fingerprint density at radius 2 is 1.78 bits per heavy atom. The fraction of sp³-hybridized carbons (Fsp3) is 0.333. The van der Waals surface area contributed by atoms with Gasteiger partial charge in [0.1, 0.15) is 5.54 Å². The molecule has 0 aromatic heterocycles. The number of anilines is 1. The second-order valence-electron chi connectivity index (χ2n) is 4.36. The number of nitrogens with one attached hydrogen (secondary N) is 1. The van der Waals surface area contributed by atoms with Gasteiger partial charge in [0.15, 0.2) is 0 Å². The number of halogens is 1. The molecule has 2 N–H and O–H groups in total. The van der Waals surface area contributed by atoms with Crippen LogP contribution in [0.3, 0.4) is 0 Å². The van der Waals surface area contributed by atoms with Gasteiger partial charge < -0.3 is 15.3 Å². The highest BCUT2D eigenvalue weighted by Crippen LogP contribution is 2.17. The summed E-state index contributed by atoms with van der Waals surface area (Å²) in [6.45, 7) is 2.94. The molecule has 98 valence electrons. The van der Waals surface area contributed by atoms with Gasteiger partial charge in [-0.05, 0) is 38.1 Å². The molecule has 1 aromatic rings. The van der Waals surface area contributed by atoms with E-state index in [2.05, 4.69) is 21.2 Å². The summed E-state index contributed by atoms with van der Waals surface area (Å²) in [7, 11) is 1.45. The van der Waals surface area contributed by atoms with E-state index < -0.39 is 17.5 Å². The van der Waals surface area contributed by atoms with E-state index in [9.17, 15) is 9.59 Å². The first-order chi connectivity index (χ1) is 8.25. The number of hydrogen-bond donors (Lipinski definition) is 2. The zero-order valence-corrected chi connectivity index (χ0v) is 12.0. The summed E-state index contributed by atoms with van der Waals surface area (Å²) in [6.07, 6.45) is 0. The number of carboxylic acids is 1. The van der Waals surface area contributed by atoms with Crippen LogP contribution in [-0.4, -0.2) is 34.6 Å². The van der Waals surface area contributed by atoms with Gasteiger partial charge in [-0.1, -0.05) is 15.9 Å². The van der Waals surface area contributed by atoms with Gasteiger partial charge in [0.05, 0.1) is 0 Å². The molecule has 18 heavy (non-hydrogen) atoms. The predicted octanol–water partition coefficient (Wildman–Crippen LogP) is 2.78. The Balaban J connectivity index is 2.77. The van der Waals surface area contributed by atoms with Crippen LogP contribution in [0, 0.1) is 0 Å². The van der Waals surface area contributed by atoms with Gasteiger partial charge in [0.2, 0.25) is 0 Å². The molecule has 0 bridgehead atoms. The second kappa shape index (κ2) is 5.39. The molecule has 0 aliphatic carbocycles. The molecule has 6 heteroatoms. The molecule has 2 amide bonds. The lowest BCUT2D eigenvalue weighted by Gasteiger charge is -2.31. The maximum atomic E-state index is 11.9. The summed E-state index contributed by atoms with van der Waals surface area (Å²) in [5.74, 6) is -1.06. The maximum absolute atomic E-state index is 11.9. The number of nitrogens with zero attached hydrogens (tertiary/aromatic N) is 1. The Labute approximate surface area is 114 Å². The number of carbonyl (C=O) groups excluding carboxylic acids is 1. The van der Waals surface area contributed by atoms with Crippen LogP contribution in [0.15, 0.2) is 28.7 Å².